The van der Waals surface area contributed by atoms with Crippen LogP contribution in [-0.2, 0) is 9.47 Å². The van der Waals surface area contributed by atoms with E-state index in [0.29, 0.717) is 26.1 Å². The Hall–Kier alpha value is -1.04. The Bertz CT molecular complexity index is 372. The second-order valence-electron chi connectivity index (χ2n) is 4.32. The van der Waals surface area contributed by atoms with E-state index in [0.717, 1.165) is 24.6 Å². The van der Waals surface area contributed by atoms with Crippen molar-refractivity contribution in [2.75, 3.05) is 13.2 Å². The van der Waals surface area contributed by atoms with Crippen LogP contribution in [-0.4, -0.2) is 24.6 Å². The average molecular weight is 258 g/mol. The molecule has 100 valence electrons. The lowest BCUT2D eigenvalue weighted by Gasteiger charge is -2.24. The molecule has 1 heterocycles. The molecule has 1 N–H and O–H groups in total. The van der Waals surface area contributed by atoms with E-state index in [1.807, 2.05) is 0 Å². The highest BCUT2D eigenvalue weighted by Gasteiger charge is 2.17. The molecule has 5 heteroatoms. The molecular formula is C13H16F2O3. The van der Waals surface area contributed by atoms with Crippen molar-refractivity contribution in [3.05, 3.63) is 35.4 Å². The first-order valence-corrected chi connectivity index (χ1v) is 6.02. The van der Waals surface area contributed by atoms with Gasteiger partial charge in [0.2, 0.25) is 0 Å². The first kappa shape index (κ1) is 13.4. The summed E-state index contributed by atoms with van der Waals surface area (Å²) in [6.45, 7) is 1.30. The van der Waals surface area contributed by atoms with Gasteiger partial charge in [0.05, 0.1) is 19.3 Å². The normalized spacial score (nSPS) is 18.8. The third kappa shape index (κ3) is 3.73. The van der Waals surface area contributed by atoms with Gasteiger partial charge in [-0.05, 0) is 30.5 Å². The van der Waals surface area contributed by atoms with Crippen LogP contribution in [0.4, 0.5) is 8.78 Å². The summed E-state index contributed by atoms with van der Waals surface area (Å²) in [5.41, 5.74) is 0.239. The van der Waals surface area contributed by atoms with Crippen molar-refractivity contribution >= 4 is 0 Å². The van der Waals surface area contributed by atoms with Crippen LogP contribution in [0.15, 0.2) is 18.2 Å². The Labute approximate surface area is 104 Å². The molecule has 1 aromatic carbocycles. The van der Waals surface area contributed by atoms with Gasteiger partial charge in [0.15, 0.2) is 6.29 Å². The predicted molar refractivity (Wildman–Crippen MR) is 60.9 cm³/mol. The Morgan fingerprint density at radius 3 is 2.39 bits per heavy atom. The molecule has 1 atom stereocenters. The lowest BCUT2D eigenvalue weighted by atomic mass is 10.0. The van der Waals surface area contributed by atoms with E-state index in [9.17, 15) is 13.9 Å². The SMILES string of the molecule is O[C@@H](CCC1OCCCO1)c1cc(F)cc(F)c1. The second-order valence-corrected chi connectivity index (χ2v) is 4.32. The van der Waals surface area contributed by atoms with E-state index in [2.05, 4.69) is 0 Å². The van der Waals surface area contributed by atoms with Crippen molar-refractivity contribution in [1.82, 2.24) is 0 Å². The van der Waals surface area contributed by atoms with Crippen LogP contribution in [0.1, 0.15) is 30.9 Å². The zero-order valence-electron chi connectivity index (χ0n) is 9.94. The molecule has 1 aliphatic rings. The number of halogens is 2. The highest BCUT2D eigenvalue weighted by molar-refractivity contribution is 5.20. The molecule has 0 radical (unpaired) electrons. The first-order valence-electron chi connectivity index (χ1n) is 6.02. The summed E-state index contributed by atoms with van der Waals surface area (Å²) in [7, 11) is 0. The minimum Gasteiger partial charge on any atom is -0.388 e. The molecule has 1 saturated heterocycles. The fraction of sp³-hybridized carbons (Fsp3) is 0.538. The van der Waals surface area contributed by atoms with E-state index in [-0.39, 0.29) is 11.9 Å². The smallest absolute Gasteiger partial charge is 0.157 e. The fourth-order valence-electron chi connectivity index (χ4n) is 1.93. The van der Waals surface area contributed by atoms with Crippen molar-refractivity contribution in [3.63, 3.8) is 0 Å². The third-order valence-corrected chi connectivity index (χ3v) is 2.84. The molecule has 1 aromatic rings. The highest BCUT2D eigenvalue weighted by atomic mass is 19.1. The maximum atomic E-state index is 13.0. The number of aliphatic hydroxyl groups excluding tert-OH is 1. The third-order valence-electron chi connectivity index (χ3n) is 2.84. The van der Waals surface area contributed by atoms with Gasteiger partial charge in [-0.15, -0.1) is 0 Å². The van der Waals surface area contributed by atoms with E-state index in [1.54, 1.807) is 0 Å². The van der Waals surface area contributed by atoms with Gasteiger partial charge >= 0.3 is 0 Å². The summed E-state index contributed by atoms with van der Waals surface area (Å²) in [5, 5.41) is 9.86. The van der Waals surface area contributed by atoms with Crippen LogP contribution in [0.25, 0.3) is 0 Å². The van der Waals surface area contributed by atoms with Crippen molar-refractivity contribution in [2.24, 2.45) is 0 Å². The molecular weight excluding hydrogens is 242 g/mol. The predicted octanol–water partition coefficient (Wildman–Crippen LogP) is 2.54. The van der Waals surface area contributed by atoms with Gasteiger partial charge in [-0.25, -0.2) is 8.78 Å². The van der Waals surface area contributed by atoms with Crippen LogP contribution in [0.3, 0.4) is 0 Å². The van der Waals surface area contributed by atoms with Crippen molar-refractivity contribution < 1.29 is 23.4 Å². The molecule has 3 nitrogen and oxygen atoms in total. The molecule has 0 spiro atoms. The van der Waals surface area contributed by atoms with Crippen molar-refractivity contribution in [2.45, 2.75) is 31.7 Å². The molecule has 0 unspecified atom stereocenters. The molecule has 18 heavy (non-hydrogen) atoms. The first-order chi connectivity index (χ1) is 8.65. The minimum absolute atomic E-state index is 0.239. The zero-order valence-corrected chi connectivity index (χ0v) is 9.94. The van der Waals surface area contributed by atoms with Crippen molar-refractivity contribution in [3.8, 4) is 0 Å². The molecule has 2 rings (SSSR count). The Morgan fingerprint density at radius 2 is 1.78 bits per heavy atom. The van der Waals surface area contributed by atoms with Crippen LogP contribution >= 0.6 is 0 Å². The van der Waals surface area contributed by atoms with Gasteiger partial charge in [0.25, 0.3) is 0 Å². The van der Waals surface area contributed by atoms with Gasteiger partial charge < -0.3 is 14.6 Å². The summed E-state index contributed by atoms with van der Waals surface area (Å²) >= 11 is 0. The average Bonchev–Trinajstić information content (AvgIpc) is 2.36. The van der Waals surface area contributed by atoms with E-state index >= 15 is 0 Å². The van der Waals surface area contributed by atoms with E-state index in [4.69, 9.17) is 9.47 Å². The number of aliphatic hydroxyl groups is 1. The lowest BCUT2D eigenvalue weighted by molar-refractivity contribution is -0.183. The number of benzene rings is 1. The standard InChI is InChI=1S/C13H16F2O3/c14-10-6-9(7-11(15)8-10)12(16)2-3-13-17-4-1-5-18-13/h6-8,12-13,16H,1-5H2/t12-/m0/s1. The number of rotatable bonds is 4. The Kier molecular flexibility index (Phi) is 4.63. The summed E-state index contributed by atoms with van der Waals surface area (Å²) in [6.07, 6.45) is 0.470. The van der Waals surface area contributed by atoms with Gasteiger partial charge in [0.1, 0.15) is 11.6 Å². The highest BCUT2D eigenvalue weighted by Crippen LogP contribution is 2.23. The molecule has 0 saturated carbocycles. The largest absolute Gasteiger partial charge is 0.388 e. The van der Waals surface area contributed by atoms with Gasteiger partial charge in [0, 0.05) is 12.5 Å². The Morgan fingerprint density at radius 1 is 1.17 bits per heavy atom. The van der Waals surface area contributed by atoms with E-state index in [1.165, 1.54) is 0 Å². The van der Waals surface area contributed by atoms with Gasteiger partial charge in [-0.3, -0.25) is 0 Å². The van der Waals surface area contributed by atoms with Crippen molar-refractivity contribution in [1.29, 1.82) is 0 Å². The van der Waals surface area contributed by atoms with Gasteiger partial charge in [-0.2, -0.15) is 0 Å². The molecule has 1 aliphatic heterocycles. The molecule has 0 aliphatic carbocycles. The Balaban J connectivity index is 1.88. The summed E-state index contributed by atoms with van der Waals surface area (Å²) < 4.78 is 36.6. The van der Waals surface area contributed by atoms with Crippen LogP contribution in [0.2, 0.25) is 0 Å². The van der Waals surface area contributed by atoms with Crippen LogP contribution in [0, 0.1) is 11.6 Å². The second kappa shape index (κ2) is 6.22. The maximum absolute atomic E-state index is 13.0. The fourth-order valence-corrected chi connectivity index (χ4v) is 1.93. The van der Waals surface area contributed by atoms with Gasteiger partial charge in [-0.1, -0.05) is 0 Å². The monoisotopic (exact) mass is 258 g/mol. The molecule has 0 amide bonds. The van der Waals surface area contributed by atoms with E-state index < -0.39 is 17.7 Å². The summed E-state index contributed by atoms with van der Waals surface area (Å²) in [5.74, 6) is -1.37. The number of ether oxygens (including phenoxy) is 2. The molecule has 1 fully saturated rings. The maximum Gasteiger partial charge on any atom is 0.157 e. The minimum atomic E-state index is -0.913. The lowest BCUT2D eigenvalue weighted by Crippen LogP contribution is -2.25. The molecule has 0 bridgehead atoms. The quantitative estimate of drug-likeness (QED) is 0.902. The van der Waals surface area contributed by atoms with Crippen LogP contribution < -0.4 is 0 Å². The topological polar surface area (TPSA) is 38.7 Å². The summed E-state index contributed by atoms with van der Waals surface area (Å²) in [4.78, 5) is 0. The number of hydrogen-bond acceptors (Lipinski definition) is 3. The number of hydrogen-bond donors (Lipinski definition) is 1. The molecule has 0 aromatic heterocycles. The summed E-state index contributed by atoms with van der Waals surface area (Å²) in [6, 6.07) is 3.05. The van der Waals surface area contributed by atoms with Crippen LogP contribution in [0.5, 0.6) is 0 Å². The zero-order chi connectivity index (χ0) is 13.0.